The maximum Gasteiger partial charge on any atom is 0.237 e. The van der Waals surface area contributed by atoms with Crippen LogP contribution in [0, 0.1) is 17.2 Å². The van der Waals surface area contributed by atoms with Gasteiger partial charge in [0.1, 0.15) is 0 Å². The number of nitrogens with zero attached hydrogens (tertiary/aromatic N) is 1. The molecular formula is C10H15N3O. The molecule has 1 aliphatic heterocycles. The van der Waals surface area contributed by atoms with Crippen LogP contribution in [-0.2, 0) is 4.79 Å². The zero-order chi connectivity index (χ0) is 9.97. The Hall–Kier alpha value is -1.08. The summed E-state index contributed by atoms with van der Waals surface area (Å²) in [5, 5.41) is 14.8. The fourth-order valence-corrected chi connectivity index (χ4v) is 1.89. The fourth-order valence-electron chi connectivity index (χ4n) is 1.89. The van der Waals surface area contributed by atoms with Gasteiger partial charge in [0, 0.05) is 12.6 Å². The first kappa shape index (κ1) is 9.47. The molecule has 14 heavy (non-hydrogen) atoms. The van der Waals surface area contributed by atoms with Gasteiger partial charge in [-0.1, -0.05) is 0 Å². The van der Waals surface area contributed by atoms with Crippen LogP contribution in [0.1, 0.15) is 25.7 Å². The Morgan fingerprint density at radius 2 is 2.29 bits per heavy atom. The number of amides is 1. The number of carbonyl (C=O) groups is 1. The Balaban J connectivity index is 1.78. The van der Waals surface area contributed by atoms with E-state index in [1.807, 2.05) is 0 Å². The highest BCUT2D eigenvalue weighted by Gasteiger charge is 2.31. The second-order valence-electron chi connectivity index (χ2n) is 4.16. The number of nitriles is 1. The van der Waals surface area contributed by atoms with Crippen molar-refractivity contribution in [2.75, 3.05) is 6.54 Å². The molecule has 1 heterocycles. The van der Waals surface area contributed by atoms with Crippen LogP contribution in [0.15, 0.2) is 0 Å². The van der Waals surface area contributed by atoms with Crippen molar-refractivity contribution in [1.82, 2.24) is 10.6 Å². The van der Waals surface area contributed by atoms with Crippen molar-refractivity contribution in [3.63, 3.8) is 0 Å². The maximum atomic E-state index is 11.6. The molecule has 2 fully saturated rings. The van der Waals surface area contributed by atoms with Crippen molar-refractivity contribution < 1.29 is 4.79 Å². The Bertz CT molecular complexity index is 267. The lowest BCUT2D eigenvalue weighted by molar-refractivity contribution is -0.124. The van der Waals surface area contributed by atoms with Crippen molar-refractivity contribution in [3.05, 3.63) is 0 Å². The minimum Gasteiger partial charge on any atom is -0.352 e. The number of nitrogens with one attached hydrogen (secondary N) is 2. The van der Waals surface area contributed by atoms with Crippen molar-refractivity contribution in [2.45, 2.75) is 37.8 Å². The number of hydrogen-bond donors (Lipinski definition) is 2. The minimum atomic E-state index is -0.139. The summed E-state index contributed by atoms with van der Waals surface area (Å²) in [6.45, 7) is 0.652. The smallest absolute Gasteiger partial charge is 0.237 e. The van der Waals surface area contributed by atoms with Crippen LogP contribution in [0.2, 0.25) is 0 Å². The molecule has 0 bridgehead atoms. The van der Waals surface area contributed by atoms with E-state index in [0.717, 1.165) is 12.8 Å². The van der Waals surface area contributed by atoms with E-state index in [1.165, 1.54) is 6.42 Å². The first-order valence-corrected chi connectivity index (χ1v) is 5.23. The van der Waals surface area contributed by atoms with E-state index in [9.17, 15) is 4.79 Å². The number of carbonyl (C=O) groups excluding carboxylic acids is 1. The summed E-state index contributed by atoms with van der Waals surface area (Å²) in [4.78, 5) is 11.6. The third-order valence-electron chi connectivity index (χ3n) is 3.08. The summed E-state index contributed by atoms with van der Waals surface area (Å²) >= 11 is 0. The van der Waals surface area contributed by atoms with Gasteiger partial charge in [0.05, 0.1) is 18.0 Å². The van der Waals surface area contributed by atoms with E-state index in [-0.39, 0.29) is 17.9 Å². The molecule has 0 radical (unpaired) electrons. The van der Waals surface area contributed by atoms with Crippen LogP contribution >= 0.6 is 0 Å². The molecule has 4 heteroatoms. The highest BCUT2D eigenvalue weighted by atomic mass is 16.2. The Morgan fingerprint density at radius 3 is 2.79 bits per heavy atom. The quantitative estimate of drug-likeness (QED) is 0.656. The lowest BCUT2D eigenvalue weighted by Gasteiger charge is -2.27. The molecule has 2 N–H and O–H groups in total. The molecule has 2 aliphatic rings. The molecule has 0 aromatic rings. The van der Waals surface area contributed by atoms with Crippen LogP contribution in [-0.4, -0.2) is 24.5 Å². The van der Waals surface area contributed by atoms with Gasteiger partial charge >= 0.3 is 0 Å². The van der Waals surface area contributed by atoms with Gasteiger partial charge < -0.3 is 10.6 Å². The lowest BCUT2D eigenvalue weighted by Crippen LogP contribution is -2.47. The zero-order valence-corrected chi connectivity index (χ0v) is 8.12. The van der Waals surface area contributed by atoms with Gasteiger partial charge in [-0.05, 0) is 25.7 Å². The van der Waals surface area contributed by atoms with Gasteiger partial charge in [-0.2, -0.15) is 5.26 Å². The fraction of sp³-hybridized carbons (Fsp3) is 0.800. The van der Waals surface area contributed by atoms with Crippen molar-refractivity contribution in [2.24, 2.45) is 5.92 Å². The minimum absolute atomic E-state index is 0.00661. The lowest BCUT2D eigenvalue weighted by atomic mass is 9.93. The topological polar surface area (TPSA) is 64.9 Å². The standard InChI is InChI=1S/C10H15N3O/c11-5-7-4-9(12-6-7)10(14)13-8-2-1-3-8/h7-9,12H,1-4,6H2,(H,13,14). The van der Waals surface area contributed by atoms with Gasteiger partial charge in [-0.3, -0.25) is 4.79 Å². The third-order valence-corrected chi connectivity index (χ3v) is 3.08. The largest absolute Gasteiger partial charge is 0.352 e. The molecule has 1 saturated heterocycles. The summed E-state index contributed by atoms with van der Waals surface area (Å²) in [6, 6.07) is 2.44. The van der Waals surface area contributed by atoms with E-state index < -0.39 is 0 Å². The zero-order valence-electron chi connectivity index (χ0n) is 8.12. The van der Waals surface area contributed by atoms with Crippen LogP contribution in [0.4, 0.5) is 0 Å². The van der Waals surface area contributed by atoms with E-state index in [0.29, 0.717) is 19.0 Å². The number of rotatable bonds is 2. The Kier molecular flexibility index (Phi) is 2.69. The van der Waals surface area contributed by atoms with Gasteiger partial charge in [0.25, 0.3) is 0 Å². The van der Waals surface area contributed by atoms with Crippen molar-refractivity contribution in [3.8, 4) is 6.07 Å². The van der Waals surface area contributed by atoms with E-state index in [1.54, 1.807) is 0 Å². The number of hydrogen-bond acceptors (Lipinski definition) is 3. The van der Waals surface area contributed by atoms with E-state index >= 15 is 0 Å². The van der Waals surface area contributed by atoms with Crippen LogP contribution in [0.5, 0.6) is 0 Å². The monoisotopic (exact) mass is 193 g/mol. The summed E-state index contributed by atoms with van der Waals surface area (Å²) < 4.78 is 0. The molecule has 76 valence electrons. The first-order valence-electron chi connectivity index (χ1n) is 5.23. The van der Waals surface area contributed by atoms with Crippen LogP contribution < -0.4 is 10.6 Å². The van der Waals surface area contributed by atoms with Gasteiger partial charge in [-0.25, -0.2) is 0 Å². The first-order chi connectivity index (χ1) is 6.79. The van der Waals surface area contributed by atoms with Crippen LogP contribution in [0.3, 0.4) is 0 Å². The molecule has 1 saturated carbocycles. The van der Waals surface area contributed by atoms with Gasteiger partial charge in [0.2, 0.25) is 5.91 Å². The Labute approximate surface area is 83.7 Å². The summed E-state index contributed by atoms with van der Waals surface area (Å²) in [5.41, 5.74) is 0. The second kappa shape index (κ2) is 3.97. The normalized spacial score (nSPS) is 31.9. The predicted octanol–water partition coefficient (Wildman–Crippen LogP) is 0.157. The molecule has 0 aromatic carbocycles. The molecule has 0 spiro atoms. The second-order valence-corrected chi connectivity index (χ2v) is 4.16. The van der Waals surface area contributed by atoms with Crippen LogP contribution in [0.25, 0.3) is 0 Å². The molecule has 4 nitrogen and oxygen atoms in total. The molecule has 1 aliphatic carbocycles. The summed E-state index contributed by atoms with van der Waals surface area (Å²) in [5.74, 6) is 0.0830. The average Bonchev–Trinajstić information content (AvgIpc) is 2.59. The Morgan fingerprint density at radius 1 is 1.50 bits per heavy atom. The molecule has 0 aromatic heterocycles. The molecule has 1 amide bonds. The summed E-state index contributed by atoms with van der Waals surface area (Å²) in [6.07, 6.45) is 4.11. The van der Waals surface area contributed by atoms with E-state index in [2.05, 4.69) is 16.7 Å². The van der Waals surface area contributed by atoms with Crippen molar-refractivity contribution in [1.29, 1.82) is 5.26 Å². The van der Waals surface area contributed by atoms with Gasteiger partial charge in [0.15, 0.2) is 0 Å². The highest BCUT2D eigenvalue weighted by molar-refractivity contribution is 5.82. The van der Waals surface area contributed by atoms with Crippen molar-refractivity contribution >= 4 is 5.91 Å². The molecule has 2 rings (SSSR count). The average molecular weight is 193 g/mol. The maximum absolute atomic E-state index is 11.6. The molecule has 2 atom stereocenters. The predicted molar refractivity (Wildman–Crippen MR) is 51.3 cm³/mol. The van der Waals surface area contributed by atoms with Gasteiger partial charge in [-0.15, -0.1) is 0 Å². The SMILES string of the molecule is N#CC1CNC(C(=O)NC2CCC2)C1. The molecular weight excluding hydrogens is 178 g/mol. The molecule has 2 unspecified atom stereocenters. The highest BCUT2D eigenvalue weighted by Crippen LogP contribution is 2.19. The third kappa shape index (κ3) is 1.88. The summed E-state index contributed by atoms with van der Waals surface area (Å²) in [7, 11) is 0. The van der Waals surface area contributed by atoms with E-state index in [4.69, 9.17) is 5.26 Å².